The number of hydrogen-bond acceptors (Lipinski definition) is 5. The lowest BCUT2D eigenvalue weighted by Crippen LogP contribution is -2.16. The molecule has 7 heteroatoms. The van der Waals surface area contributed by atoms with E-state index in [4.69, 9.17) is 9.72 Å². The van der Waals surface area contributed by atoms with Gasteiger partial charge >= 0.3 is 5.97 Å². The van der Waals surface area contributed by atoms with E-state index in [0.29, 0.717) is 27.7 Å². The van der Waals surface area contributed by atoms with Crippen LogP contribution in [0.25, 0.3) is 22.2 Å². The molecule has 5 nitrogen and oxygen atoms in total. The molecule has 1 aliphatic rings. The number of methoxy groups -OCH3 is 1. The second-order valence-corrected chi connectivity index (χ2v) is 10.6. The molecule has 0 spiro atoms. The topological polar surface area (TPSA) is 68.3 Å². The molecule has 0 unspecified atom stereocenters. The Bertz CT molecular complexity index is 1410. The van der Waals surface area contributed by atoms with E-state index in [9.17, 15) is 9.59 Å². The van der Waals surface area contributed by atoms with Crippen molar-refractivity contribution in [1.82, 2.24) is 4.98 Å². The maximum Gasteiger partial charge on any atom is 0.341 e. The maximum atomic E-state index is 13.7. The molecular formula is C27H23BrN2O3S. The monoisotopic (exact) mass is 534 g/mol. The Morgan fingerprint density at radius 3 is 2.71 bits per heavy atom. The highest BCUT2D eigenvalue weighted by Crippen LogP contribution is 2.40. The number of amides is 1. The van der Waals surface area contributed by atoms with Crippen molar-refractivity contribution < 1.29 is 14.3 Å². The second kappa shape index (κ2) is 9.31. The first kappa shape index (κ1) is 22.7. The fourth-order valence-electron chi connectivity index (χ4n) is 4.47. The molecule has 1 aliphatic carbocycles. The number of carbonyl (C=O) groups is 2. The quantitative estimate of drug-likeness (QED) is 0.289. The van der Waals surface area contributed by atoms with E-state index < -0.39 is 5.97 Å². The Labute approximate surface area is 210 Å². The van der Waals surface area contributed by atoms with Crippen LogP contribution < -0.4 is 5.32 Å². The molecule has 0 bridgehead atoms. The highest BCUT2D eigenvalue weighted by Gasteiger charge is 2.29. The second-order valence-electron chi connectivity index (χ2n) is 8.58. The summed E-state index contributed by atoms with van der Waals surface area (Å²) in [5.41, 5.74) is 4.37. The molecule has 1 amide bonds. The number of nitrogens with one attached hydrogen (secondary N) is 1. The highest BCUT2D eigenvalue weighted by atomic mass is 79.9. The summed E-state index contributed by atoms with van der Waals surface area (Å²) < 4.78 is 5.94. The van der Waals surface area contributed by atoms with E-state index in [0.717, 1.165) is 50.6 Å². The number of pyridine rings is 1. The zero-order valence-corrected chi connectivity index (χ0v) is 21.3. The number of fused-ring (bicyclic) bond motifs is 2. The predicted octanol–water partition coefficient (Wildman–Crippen LogP) is 6.89. The largest absolute Gasteiger partial charge is 0.465 e. The minimum atomic E-state index is -0.408. The van der Waals surface area contributed by atoms with Gasteiger partial charge in [0.2, 0.25) is 0 Å². The minimum Gasteiger partial charge on any atom is -0.465 e. The number of esters is 1. The molecule has 2 aromatic heterocycles. The Morgan fingerprint density at radius 2 is 1.94 bits per heavy atom. The van der Waals surface area contributed by atoms with E-state index >= 15 is 0 Å². The normalized spacial score (nSPS) is 15.1. The van der Waals surface area contributed by atoms with Crippen LogP contribution in [-0.2, 0) is 17.6 Å². The van der Waals surface area contributed by atoms with Gasteiger partial charge < -0.3 is 10.1 Å². The van der Waals surface area contributed by atoms with Crippen LogP contribution >= 0.6 is 27.3 Å². The lowest BCUT2D eigenvalue weighted by atomic mass is 9.88. The number of benzene rings is 2. The van der Waals surface area contributed by atoms with Crippen LogP contribution in [-0.4, -0.2) is 24.0 Å². The third kappa shape index (κ3) is 4.26. The van der Waals surface area contributed by atoms with Crippen LogP contribution in [0.4, 0.5) is 5.00 Å². The van der Waals surface area contributed by atoms with Gasteiger partial charge in [0, 0.05) is 20.3 Å². The summed E-state index contributed by atoms with van der Waals surface area (Å²) in [4.78, 5) is 32.3. The zero-order chi connectivity index (χ0) is 23.8. The number of rotatable bonds is 4. The summed E-state index contributed by atoms with van der Waals surface area (Å²) in [5.74, 6) is -0.135. The van der Waals surface area contributed by atoms with Crippen molar-refractivity contribution in [3.8, 4) is 11.3 Å². The van der Waals surface area contributed by atoms with Gasteiger partial charge in [-0.05, 0) is 55.0 Å². The van der Waals surface area contributed by atoms with Gasteiger partial charge in [-0.2, -0.15) is 0 Å². The van der Waals surface area contributed by atoms with Gasteiger partial charge in [-0.15, -0.1) is 11.3 Å². The van der Waals surface area contributed by atoms with Crippen molar-refractivity contribution >= 4 is 55.0 Å². The van der Waals surface area contributed by atoms with Crippen LogP contribution in [0.3, 0.4) is 0 Å². The van der Waals surface area contributed by atoms with Crippen molar-refractivity contribution in [2.75, 3.05) is 12.4 Å². The average Bonchev–Trinajstić information content (AvgIpc) is 3.20. The van der Waals surface area contributed by atoms with E-state index in [2.05, 4.69) is 28.2 Å². The Hall–Kier alpha value is -3.03. The smallest absolute Gasteiger partial charge is 0.341 e. The maximum absolute atomic E-state index is 13.7. The molecule has 0 saturated heterocycles. The lowest BCUT2D eigenvalue weighted by Gasteiger charge is -2.18. The number of halogens is 1. The standard InChI is InChI=1S/C27H23BrN2O3S/c1-15-8-10-18-23(12-15)34-26(24(18)27(32)33-2)30-25(31)20-14-22(16-6-4-3-5-7-16)29-21-11-9-17(28)13-19(20)21/h3-7,9,11,13-15H,8,10,12H2,1-2H3,(H,30,31)/t15-/m1/s1. The zero-order valence-electron chi connectivity index (χ0n) is 18.9. The molecule has 0 saturated carbocycles. The SMILES string of the molecule is COC(=O)c1c(NC(=O)c2cc(-c3ccccc3)nc3ccc(Br)cc23)sc2c1CC[C@@H](C)C2. The predicted molar refractivity (Wildman–Crippen MR) is 140 cm³/mol. The van der Waals surface area contributed by atoms with Gasteiger partial charge in [0.15, 0.2) is 0 Å². The summed E-state index contributed by atoms with van der Waals surface area (Å²) in [6.07, 6.45) is 2.74. The van der Waals surface area contributed by atoms with E-state index in [1.54, 1.807) is 0 Å². The molecule has 5 rings (SSSR count). The van der Waals surface area contributed by atoms with Crippen molar-refractivity contribution in [1.29, 1.82) is 0 Å². The van der Waals surface area contributed by atoms with Gasteiger partial charge in [-0.25, -0.2) is 9.78 Å². The number of aromatic nitrogens is 1. The molecule has 4 aromatic rings. The Kier molecular flexibility index (Phi) is 6.23. The molecule has 1 N–H and O–H groups in total. The number of carbonyl (C=O) groups excluding carboxylic acids is 2. The average molecular weight is 535 g/mol. The van der Waals surface area contributed by atoms with Crippen molar-refractivity contribution in [2.24, 2.45) is 5.92 Å². The number of thiophene rings is 1. The first-order valence-electron chi connectivity index (χ1n) is 11.1. The molecule has 1 atom stereocenters. The van der Waals surface area contributed by atoms with Gasteiger partial charge in [-0.3, -0.25) is 4.79 Å². The first-order chi connectivity index (χ1) is 16.4. The third-order valence-electron chi connectivity index (χ3n) is 6.21. The highest BCUT2D eigenvalue weighted by molar-refractivity contribution is 9.10. The molecule has 0 aliphatic heterocycles. The summed E-state index contributed by atoms with van der Waals surface area (Å²) in [6.45, 7) is 2.21. The number of nitrogens with zero attached hydrogens (tertiary/aromatic N) is 1. The first-order valence-corrected chi connectivity index (χ1v) is 12.8. The van der Waals surface area contributed by atoms with Crippen LogP contribution in [0.2, 0.25) is 0 Å². The van der Waals surface area contributed by atoms with Crippen LogP contribution in [0.15, 0.2) is 59.1 Å². The van der Waals surface area contributed by atoms with E-state index in [1.165, 1.54) is 18.4 Å². The molecule has 34 heavy (non-hydrogen) atoms. The molecule has 2 aromatic carbocycles. The third-order valence-corrected chi connectivity index (χ3v) is 7.88. The van der Waals surface area contributed by atoms with Crippen LogP contribution in [0.1, 0.15) is 44.5 Å². The van der Waals surface area contributed by atoms with Gasteiger partial charge in [0.1, 0.15) is 5.00 Å². The molecule has 0 fully saturated rings. The summed E-state index contributed by atoms with van der Waals surface area (Å²) >= 11 is 5.00. The van der Waals surface area contributed by atoms with E-state index in [-0.39, 0.29) is 5.91 Å². The summed E-state index contributed by atoms with van der Waals surface area (Å²) in [6, 6.07) is 17.3. The van der Waals surface area contributed by atoms with Gasteiger partial charge in [0.05, 0.1) is 29.4 Å². The van der Waals surface area contributed by atoms with E-state index in [1.807, 2.05) is 54.6 Å². The van der Waals surface area contributed by atoms with Crippen LogP contribution in [0.5, 0.6) is 0 Å². The Morgan fingerprint density at radius 1 is 1.15 bits per heavy atom. The number of hydrogen-bond donors (Lipinski definition) is 1. The lowest BCUT2D eigenvalue weighted by molar-refractivity contribution is 0.0601. The van der Waals surface area contributed by atoms with Gasteiger partial charge in [-0.1, -0.05) is 53.2 Å². The number of anilines is 1. The van der Waals surface area contributed by atoms with Crippen molar-refractivity contribution in [2.45, 2.75) is 26.2 Å². The molecule has 2 heterocycles. The molecule has 172 valence electrons. The Balaban J connectivity index is 1.61. The fraction of sp³-hybridized carbons (Fsp3) is 0.222. The summed E-state index contributed by atoms with van der Waals surface area (Å²) in [7, 11) is 1.38. The van der Waals surface area contributed by atoms with Crippen molar-refractivity contribution in [3.63, 3.8) is 0 Å². The summed E-state index contributed by atoms with van der Waals surface area (Å²) in [5, 5.41) is 4.33. The van der Waals surface area contributed by atoms with Crippen molar-refractivity contribution in [3.05, 3.63) is 80.6 Å². The number of ether oxygens (including phenoxy) is 1. The minimum absolute atomic E-state index is 0.278. The van der Waals surface area contributed by atoms with Gasteiger partial charge in [0.25, 0.3) is 5.91 Å². The molecular weight excluding hydrogens is 512 g/mol. The fourth-order valence-corrected chi connectivity index (χ4v) is 6.22. The molecule has 0 radical (unpaired) electrons. The van der Waals surface area contributed by atoms with Crippen LogP contribution in [0, 0.1) is 5.92 Å².